The highest BCUT2D eigenvalue weighted by Crippen LogP contribution is 2.27. The molecule has 0 fully saturated rings. The standard InChI is InChI=1S/C20H19ClN2O3/c1-3-9-26-19-12-18(25-2)8-7-14(19)10-15(13-22)20(24)23-17-6-4-5-16(21)11-17/h4-8,10-12H,3,9H2,1-2H3,(H,23,24)/b15-10+. The number of hydrogen-bond donors (Lipinski definition) is 1. The zero-order valence-corrected chi connectivity index (χ0v) is 15.3. The van der Waals surface area contributed by atoms with Crippen LogP contribution in [0.1, 0.15) is 18.9 Å². The van der Waals surface area contributed by atoms with Crippen LogP contribution in [0.2, 0.25) is 5.02 Å². The van der Waals surface area contributed by atoms with Crippen LogP contribution >= 0.6 is 11.6 Å². The summed E-state index contributed by atoms with van der Waals surface area (Å²) in [6.07, 6.45) is 2.32. The Kier molecular flexibility index (Phi) is 7.07. The number of ether oxygens (including phenoxy) is 2. The Balaban J connectivity index is 2.29. The molecular formula is C20H19ClN2O3. The third-order valence-corrected chi connectivity index (χ3v) is 3.66. The lowest BCUT2D eigenvalue weighted by Crippen LogP contribution is -2.13. The maximum atomic E-state index is 12.4. The Labute approximate surface area is 157 Å². The van der Waals surface area contributed by atoms with Crippen molar-refractivity contribution in [2.45, 2.75) is 13.3 Å². The van der Waals surface area contributed by atoms with E-state index in [1.54, 1.807) is 49.6 Å². The maximum absolute atomic E-state index is 12.4. The van der Waals surface area contributed by atoms with Gasteiger partial charge in [0.25, 0.3) is 5.91 Å². The highest BCUT2D eigenvalue weighted by molar-refractivity contribution is 6.31. The van der Waals surface area contributed by atoms with Crippen LogP contribution in [0, 0.1) is 11.3 Å². The average Bonchev–Trinajstić information content (AvgIpc) is 2.64. The minimum atomic E-state index is -0.521. The third-order valence-electron chi connectivity index (χ3n) is 3.43. The van der Waals surface area contributed by atoms with Gasteiger partial charge in [-0.05, 0) is 42.8 Å². The lowest BCUT2D eigenvalue weighted by Gasteiger charge is -2.11. The minimum Gasteiger partial charge on any atom is -0.497 e. The van der Waals surface area contributed by atoms with Gasteiger partial charge in [0.2, 0.25) is 0 Å². The van der Waals surface area contributed by atoms with Crippen molar-refractivity contribution in [1.29, 1.82) is 5.26 Å². The predicted octanol–water partition coefficient (Wildman–Crippen LogP) is 4.68. The number of methoxy groups -OCH3 is 1. The van der Waals surface area contributed by atoms with Gasteiger partial charge >= 0.3 is 0 Å². The summed E-state index contributed by atoms with van der Waals surface area (Å²) in [5.74, 6) is 0.664. The van der Waals surface area contributed by atoms with Crippen molar-refractivity contribution < 1.29 is 14.3 Å². The SMILES string of the molecule is CCCOc1cc(OC)ccc1/C=C(\C#N)C(=O)Nc1cccc(Cl)c1. The van der Waals surface area contributed by atoms with Crippen molar-refractivity contribution in [3.63, 3.8) is 0 Å². The number of halogens is 1. The summed E-state index contributed by atoms with van der Waals surface area (Å²) in [4.78, 5) is 12.4. The third kappa shape index (κ3) is 5.27. The van der Waals surface area contributed by atoms with Gasteiger partial charge in [0.15, 0.2) is 0 Å². The molecule has 0 heterocycles. The molecule has 0 radical (unpaired) electrons. The Bertz CT molecular complexity index is 856. The van der Waals surface area contributed by atoms with Crippen LogP contribution in [0.5, 0.6) is 11.5 Å². The fourth-order valence-corrected chi connectivity index (χ4v) is 2.36. The number of amides is 1. The fourth-order valence-electron chi connectivity index (χ4n) is 2.17. The van der Waals surface area contributed by atoms with Gasteiger partial charge in [-0.25, -0.2) is 0 Å². The van der Waals surface area contributed by atoms with Gasteiger partial charge in [-0.1, -0.05) is 24.6 Å². The van der Waals surface area contributed by atoms with E-state index in [1.807, 2.05) is 13.0 Å². The predicted molar refractivity (Wildman–Crippen MR) is 102 cm³/mol. The first-order valence-corrected chi connectivity index (χ1v) is 8.44. The Morgan fingerprint density at radius 2 is 2.12 bits per heavy atom. The van der Waals surface area contributed by atoms with Gasteiger partial charge in [-0.3, -0.25) is 4.79 Å². The van der Waals surface area contributed by atoms with Crippen LogP contribution in [0.25, 0.3) is 6.08 Å². The molecule has 134 valence electrons. The molecule has 6 heteroatoms. The van der Waals surface area contributed by atoms with E-state index >= 15 is 0 Å². The molecule has 0 unspecified atom stereocenters. The van der Waals surface area contributed by atoms with Crippen LogP contribution in [0.3, 0.4) is 0 Å². The minimum absolute atomic E-state index is 0.0449. The summed E-state index contributed by atoms with van der Waals surface area (Å²) in [5, 5.41) is 12.5. The molecule has 2 rings (SSSR count). The van der Waals surface area contributed by atoms with Gasteiger partial charge in [0.05, 0.1) is 13.7 Å². The molecule has 26 heavy (non-hydrogen) atoms. The Morgan fingerprint density at radius 1 is 1.31 bits per heavy atom. The number of hydrogen-bond acceptors (Lipinski definition) is 4. The second kappa shape index (κ2) is 9.50. The number of carbonyl (C=O) groups is 1. The zero-order chi connectivity index (χ0) is 18.9. The summed E-state index contributed by atoms with van der Waals surface area (Å²) in [5.41, 5.74) is 1.09. The number of nitrogens with one attached hydrogen (secondary N) is 1. The summed E-state index contributed by atoms with van der Waals surface area (Å²) in [6, 6.07) is 13.9. The summed E-state index contributed by atoms with van der Waals surface area (Å²) in [6.45, 7) is 2.51. The van der Waals surface area contributed by atoms with Gasteiger partial charge in [-0.2, -0.15) is 5.26 Å². The molecular weight excluding hydrogens is 352 g/mol. The van der Waals surface area contributed by atoms with E-state index < -0.39 is 5.91 Å². The van der Waals surface area contributed by atoms with E-state index in [2.05, 4.69) is 5.32 Å². The topological polar surface area (TPSA) is 71.3 Å². The molecule has 2 aromatic rings. The Hall–Kier alpha value is -2.97. The second-order valence-corrected chi connectivity index (χ2v) is 5.82. The lowest BCUT2D eigenvalue weighted by atomic mass is 10.1. The molecule has 0 spiro atoms. The van der Waals surface area contributed by atoms with Crippen molar-refractivity contribution in [3.05, 3.63) is 58.6 Å². The number of carbonyl (C=O) groups excluding carboxylic acids is 1. The first-order chi connectivity index (χ1) is 12.6. The molecule has 0 aromatic heterocycles. The van der Waals surface area contributed by atoms with Crippen LogP contribution in [0.15, 0.2) is 48.0 Å². The zero-order valence-electron chi connectivity index (χ0n) is 14.6. The lowest BCUT2D eigenvalue weighted by molar-refractivity contribution is -0.112. The summed E-state index contributed by atoms with van der Waals surface area (Å²) in [7, 11) is 1.56. The Morgan fingerprint density at radius 3 is 2.77 bits per heavy atom. The van der Waals surface area contributed by atoms with Crippen LogP contribution in [0.4, 0.5) is 5.69 Å². The van der Waals surface area contributed by atoms with Gasteiger partial charge in [-0.15, -0.1) is 0 Å². The van der Waals surface area contributed by atoms with Crippen LogP contribution < -0.4 is 14.8 Å². The van der Waals surface area contributed by atoms with E-state index in [4.69, 9.17) is 21.1 Å². The molecule has 1 amide bonds. The molecule has 0 saturated heterocycles. The van der Waals surface area contributed by atoms with Crippen LogP contribution in [-0.2, 0) is 4.79 Å². The van der Waals surface area contributed by atoms with E-state index in [0.717, 1.165) is 6.42 Å². The van der Waals surface area contributed by atoms with E-state index in [0.29, 0.717) is 34.4 Å². The second-order valence-electron chi connectivity index (χ2n) is 5.39. The van der Waals surface area contributed by atoms with Crippen molar-refractivity contribution in [3.8, 4) is 17.6 Å². The first kappa shape index (κ1) is 19.4. The fraction of sp³-hybridized carbons (Fsp3) is 0.200. The summed E-state index contributed by atoms with van der Waals surface area (Å²) < 4.78 is 10.9. The van der Waals surface area contributed by atoms with E-state index in [-0.39, 0.29) is 5.57 Å². The number of rotatable bonds is 7. The molecule has 0 bridgehead atoms. The number of benzene rings is 2. The molecule has 5 nitrogen and oxygen atoms in total. The average molecular weight is 371 g/mol. The van der Waals surface area contributed by atoms with Gasteiger partial charge in [0.1, 0.15) is 23.1 Å². The van der Waals surface area contributed by atoms with Crippen molar-refractivity contribution in [1.82, 2.24) is 0 Å². The van der Waals surface area contributed by atoms with Crippen molar-refractivity contribution in [2.24, 2.45) is 0 Å². The quantitative estimate of drug-likeness (QED) is 0.567. The first-order valence-electron chi connectivity index (χ1n) is 8.07. The number of anilines is 1. The van der Waals surface area contributed by atoms with Crippen molar-refractivity contribution in [2.75, 3.05) is 19.0 Å². The van der Waals surface area contributed by atoms with E-state index in [9.17, 15) is 10.1 Å². The number of nitriles is 1. The summed E-state index contributed by atoms with van der Waals surface area (Å²) >= 11 is 5.91. The van der Waals surface area contributed by atoms with Crippen LogP contribution in [-0.4, -0.2) is 19.6 Å². The highest BCUT2D eigenvalue weighted by atomic mass is 35.5. The van der Waals surface area contributed by atoms with Gasteiger partial charge < -0.3 is 14.8 Å². The van der Waals surface area contributed by atoms with Gasteiger partial charge in [0, 0.05) is 22.3 Å². The largest absolute Gasteiger partial charge is 0.497 e. The monoisotopic (exact) mass is 370 g/mol. The smallest absolute Gasteiger partial charge is 0.266 e. The number of nitrogens with zero attached hydrogens (tertiary/aromatic N) is 1. The van der Waals surface area contributed by atoms with E-state index in [1.165, 1.54) is 6.08 Å². The molecule has 0 aliphatic heterocycles. The molecule has 1 N–H and O–H groups in total. The molecule has 0 aliphatic carbocycles. The maximum Gasteiger partial charge on any atom is 0.266 e. The molecule has 0 saturated carbocycles. The molecule has 0 aliphatic rings. The molecule has 2 aromatic carbocycles. The molecule has 0 atom stereocenters. The normalized spacial score (nSPS) is 10.8. The van der Waals surface area contributed by atoms with Crippen molar-refractivity contribution >= 4 is 29.3 Å². The highest BCUT2D eigenvalue weighted by Gasteiger charge is 2.12.